The fourth-order valence-electron chi connectivity index (χ4n) is 7.16. The Morgan fingerprint density at radius 1 is 0.491 bits per heavy atom. The van der Waals surface area contributed by atoms with Crippen molar-refractivity contribution in [2.75, 3.05) is 26.4 Å². The van der Waals surface area contributed by atoms with Crippen molar-refractivity contribution in [1.82, 2.24) is 5.32 Å². The zero-order chi connectivity index (χ0) is 38.9. The Labute approximate surface area is 333 Å². The lowest BCUT2D eigenvalue weighted by Gasteiger charge is -2.26. The van der Waals surface area contributed by atoms with E-state index in [0.717, 1.165) is 32.3 Å². The molecule has 5 nitrogen and oxygen atoms in total. The molecule has 0 aromatic heterocycles. The number of hydrogen-bond donors (Lipinski definition) is 1. The summed E-state index contributed by atoms with van der Waals surface area (Å²) in [5.41, 5.74) is -0.412. The van der Waals surface area contributed by atoms with Crippen molar-refractivity contribution >= 4 is 6.09 Å². The van der Waals surface area contributed by atoms with Gasteiger partial charge in [-0.3, -0.25) is 0 Å². The van der Waals surface area contributed by atoms with Crippen LogP contribution in [-0.2, 0) is 14.2 Å². The van der Waals surface area contributed by atoms with E-state index in [1.54, 1.807) is 0 Å². The minimum atomic E-state index is -0.412. The summed E-state index contributed by atoms with van der Waals surface area (Å²) < 4.78 is 18.0. The van der Waals surface area contributed by atoms with Crippen LogP contribution in [0, 0.1) is 5.92 Å². The van der Waals surface area contributed by atoms with E-state index in [4.69, 9.17) is 14.2 Å². The Morgan fingerprint density at radius 3 is 1.23 bits per heavy atom. The summed E-state index contributed by atoms with van der Waals surface area (Å²) in [6.45, 7) is 15.3. The van der Waals surface area contributed by atoms with E-state index in [0.29, 0.717) is 25.7 Å². The maximum Gasteiger partial charge on any atom is 0.407 e. The molecule has 0 fully saturated rings. The predicted molar refractivity (Wildman–Crippen MR) is 232 cm³/mol. The van der Waals surface area contributed by atoms with Gasteiger partial charge >= 0.3 is 6.09 Å². The molecule has 1 N–H and O–H groups in total. The molecule has 53 heavy (non-hydrogen) atoms. The first-order valence-corrected chi connectivity index (χ1v) is 24.0. The Hall–Kier alpha value is -0.810. The number of carbonyl (C=O) groups excluding carboxylic acids is 1. The molecule has 0 radical (unpaired) electrons. The summed E-state index contributed by atoms with van der Waals surface area (Å²) in [4.78, 5) is 12.6. The van der Waals surface area contributed by atoms with Crippen LogP contribution in [0.25, 0.3) is 0 Å². The van der Waals surface area contributed by atoms with Crippen molar-refractivity contribution in [3.63, 3.8) is 0 Å². The highest BCUT2D eigenvalue weighted by Crippen LogP contribution is 2.17. The number of hydrogen-bond acceptors (Lipinski definition) is 4. The Morgan fingerprint density at radius 2 is 0.849 bits per heavy atom. The fraction of sp³-hybridized carbons (Fsp3) is 0.979. The van der Waals surface area contributed by atoms with Crippen LogP contribution >= 0.6 is 0 Å². The number of alkyl carbamates (subject to hydrolysis) is 1. The van der Waals surface area contributed by atoms with Crippen LogP contribution in [-0.4, -0.2) is 44.2 Å². The molecule has 0 aliphatic carbocycles. The van der Waals surface area contributed by atoms with E-state index in [9.17, 15) is 4.79 Å². The molecule has 318 valence electrons. The molecule has 5 heteroatoms. The van der Waals surface area contributed by atoms with Crippen molar-refractivity contribution in [2.24, 2.45) is 5.92 Å². The van der Waals surface area contributed by atoms with Crippen LogP contribution in [0.1, 0.15) is 260 Å². The van der Waals surface area contributed by atoms with Gasteiger partial charge in [-0.1, -0.05) is 227 Å². The summed E-state index contributed by atoms with van der Waals surface area (Å²) in [5.74, 6) is 0.606. The molecule has 1 amide bonds. The highest BCUT2D eigenvalue weighted by molar-refractivity contribution is 5.67. The zero-order valence-corrected chi connectivity index (χ0v) is 37.2. The number of rotatable bonds is 43. The Balaban J connectivity index is 4.16. The van der Waals surface area contributed by atoms with E-state index < -0.39 is 5.60 Å². The normalized spacial score (nSPS) is 12.5. The summed E-state index contributed by atoms with van der Waals surface area (Å²) >= 11 is 0. The van der Waals surface area contributed by atoms with Gasteiger partial charge in [-0.05, 0) is 39.0 Å². The van der Waals surface area contributed by atoms with Crippen molar-refractivity contribution in [1.29, 1.82) is 0 Å². The van der Waals surface area contributed by atoms with Crippen LogP contribution in [0.2, 0.25) is 0 Å². The van der Waals surface area contributed by atoms with Crippen LogP contribution in [0.3, 0.4) is 0 Å². The first-order valence-electron chi connectivity index (χ1n) is 24.0. The average Bonchev–Trinajstić information content (AvgIpc) is 3.13. The third kappa shape index (κ3) is 42.2. The fourth-order valence-corrected chi connectivity index (χ4v) is 7.16. The SMILES string of the molecule is CCCCCCCCCCCCCCCCCCOC(CCCCCCCCCCCCCCCCCC)COC(=O)NCC(C)(C)OCCC(C)C. The number of nitrogens with one attached hydrogen (secondary N) is 1. The van der Waals surface area contributed by atoms with Gasteiger partial charge in [-0.25, -0.2) is 4.79 Å². The van der Waals surface area contributed by atoms with Crippen molar-refractivity contribution < 1.29 is 19.0 Å². The molecule has 1 unspecified atom stereocenters. The van der Waals surface area contributed by atoms with Crippen molar-refractivity contribution in [2.45, 2.75) is 272 Å². The summed E-state index contributed by atoms with van der Waals surface area (Å²) in [5, 5.41) is 2.92. The molecule has 0 saturated heterocycles. The van der Waals surface area contributed by atoms with Crippen LogP contribution in [0.4, 0.5) is 4.79 Å². The number of unbranched alkanes of at least 4 members (excludes halogenated alkanes) is 30. The zero-order valence-electron chi connectivity index (χ0n) is 37.2. The second-order valence-corrected chi connectivity index (χ2v) is 17.6. The van der Waals surface area contributed by atoms with Gasteiger partial charge in [0.05, 0.1) is 11.7 Å². The third-order valence-corrected chi connectivity index (χ3v) is 11.0. The minimum absolute atomic E-state index is 0.0148. The summed E-state index contributed by atoms with van der Waals surface area (Å²) in [6.07, 6.45) is 45.6. The first kappa shape index (κ1) is 52.2. The van der Waals surface area contributed by atoms with Crippen molar-refractivity contribution in [3.05, 3.63) is 0 Å². The first-order chi connectivity index (χ1) is 25.8. The number of carbonyl (C=O) groups is 1. The van der Waals surface area contributed by atoms with Gasteiger partial charge in [0, 0.05) is 19.8 Å². The van der Waals surface area contributed by atoms with E-state index >= 15 is 0 Å². The van der Waals surface area contributed by atoms with E-state index in [-0.39, 0.29) is 12.2 Å². The quantitative estimate of drug-likeness (QED) is 0.0630. The van der Waals surface area contributed by atoms with Gasteiger partial charge in [0.2, 0.25) is 0 Å². The molecule has 0 aromatic rings. The molecule has 0 aliphatic rings. The third-order valence-electron chi connectivity index (χ3n) is 11.0. The molecule has 0 saturated carbocycles. The van der Waals surface area contributed by atoms with Gasteiger partial charge in [-0.2, -0.15) is 0 Å². The Kier molecular flexibility index (Phi) is 40.2. The molecule has 0 bridgehead atoms. The molecule has 0 heterocycles. The standard InChI is InChI=1S/C48H97NO4/c1-7-9-11-13-15-17-19-21-23-25-27-29-31-33-35-37-39-46(43-52-47(50)49-44-48(5,6)53-42-40-45(3)4)51-41-38-36-34-32-30-28-26-24-22-20-18-16-14-12-10-8-2/h45-46H,7-44H2,1-6H3,(H,49,50). The minimum Gasteiger partial charge on any atom is -0.447 e. The summed E-state index contributed by atoms with van der Waals surface area (Å²) in [6, 6.07) is 0. The van der Waals surface area contributed by atoms with Crippen LogP contribution in [0.5, 0.6) is 0 Å². The lowest BCUT2D eigenvalue weighted by Crippen LogP contribution is -2.41. The lowest BCUT2D eigenvalue weighted by atomic mass is 10.0. The van der Waals surface area contributed by atoms with E-state index in [1.807, 2.05) is 13.8 Å². The van der Waals surface area contributed by atoms with E-state index in [1.165, 1.54) is 193 Å². The van der Waals surface area contributed by atoms with Gasteiger partial charge in [0.25, 0.3) is 0 Å². The lowest BCUT2D eigenvalue weighted by molar-refractivity contribution is -0.0243. The smallest absolute Gasteiger partial charge is 0.407 e. The van der Waals surface area contributed by atoms with Gasteiger partial charge < -0.3 is 19.5 Å². The molecular formula is C48H97NO4. The van der Waals surface area contributed by atoms with Crippen molar-refractivity contribution in [3.8, 4) is 0 Å². The molecule has 0 rings (SSSR count). The van der Waals surface area contributed by atoms with Gasteiger partial charge in [0.15, 0.2) is 0 Å². The van der Waals surface area contributed by atoms with Crippen LogP contribution < -0.4 is 5.32 Å². The topological polar surface area (TPSA) is 56.8 Å². The second kappa shape index (κ2) is 40.8. The molecule has 0 aliphatic heterocycles. The maximum absolute atomic E-state index is 12.6. The van der Waals surface area contributed by atoms with Gasteiger partial charge in [-0.15, -0.1) is 0 Å². The van der Waals surface area contributed by atoms with Crippen LogP contribution in [0.15, 0.2) is 0 Å². The average molecular weight is 752 g/mol. The number of amides is 1. The monoisotopic (exact) mass is 752 g/mol. The molecule has 1 atom stereocenters. The predicted octanol–water partition coefficient (Wildman–Crippen LogP) is 15.9. The summed E-state index contributed by atoms with van der Waals surface area (Å²) in [7, 11) is 0. The van der Waals surface area contributed by atoms with Gasteiger partial charge in [0.1, 0.15) is 6.61 Å². The largest absolute Gasteiger partial charge is 0.447 e. The molecule has 0 aromatic carbocycles. The van der Waals surface area contributed by atoms with E-state index in [2.05, 4.69) is 33.0 Å². The molecule has 0 spiro atoms. The highest BCUT2D eigenvalue weighted by Gasteiger charge is 2.21. The molecular weight excluding hydrogens is 655 g/mol. The maximum atomic E-state index is 12.6. The Bertz CT molecular complexity index is 726. The second-order valence-electron chi connectivity index (χ2n) is 17.6. The highest BCUT2D eigenvalue weighted by atomic mass is 16.6. The number of ether oxygens (including phenoxy) is 3.